The second-order valence-corrected chi connectivity index (χ2v) is 8.90. The summed E-state index contributed by atoms with van der Waals surface area (Å²) >= 11 is 0. The number of rotatable bonds is 4. The molecule has 0 fully saturated rings. The van der Waals surface area contributed by atoms with E-state index in [2.05, 4.69) is 84.0 Å². The molecule has 0 nitrogen and oxygen atoms in total. The van der Waals surface area contributed by atoms with E-state index in [-0.39, 0.29) is 16.2 Å². The maximum Gasteiger partial charge on any atom is -0.00128 e. The normalized spacial score (nSPS) is 34.1. The van der Waals surface area contributed by atoms with Gasteiger partial charge < -0.3 is 0 Å². The van der Waals surface area contributed by atoms with Crippen molar-refractivity contribution in [2.75, 3.05) is 0 Å². The van der Waals surface area contributed by atoms with E-state index in [4.69, 9.17) is 0 Å². The summed E-state index contributed by atoms with van der Waals surface area (Å²) in [6.07, 6.45) is 12.2. The Bertz CT molecular complexity index is 675. The molecule has 3 atom stereocenters. The Morgan fingerprint density at radius 2 is 1.75 bits per heavy atom. The van der Waals surface area contributed by atoms with Gasteiger partial charge >= 0.3 is 0 Å². The predicted octanol–water partition coefficient (Wildman–Crippen LogP) is 6.86. The van der Waals surface area contributed by atoms with Gasteiger partial charge in [0.1, 0.15) is 0 Å². The van der Waals surface area contributed by atoms with E-state index >= 15 is 0 Å². The molecular formula is C24H34. The largest absolute Gasteiger partial charge is 0.0774 e. The SMILES string of the molecule is CCCC1=CC=CC(C)(C2Cc3ccccc3C2(C)C)C1(C)CC. The minimum absolute atomic E-state index is 0.198. The summed E-state index contributed by atoms with van der Waals surface area (Å²) in [6, 6.07) is 9.12. The molecule has 0 heteroatoms. The zero-order valence-corrected chi connectivity index (χ0v) is 16.4. The molecule has 0 N–H and O–H groups in total. The molecule has 24 heavy (non-hydrogen) atoms. The zero-order valence-electron chi connectivity index (χ0n) is 16.4. The molecule has 0 saturated heterocycles. The highest BCUT2D eigenvalue weighted by Crippen LogP contribution is 2.62. The fraction of sp³-hybridized carbons (Fsp3) is 0.583. The van der Waals surface area contributed by atoms with Gasteiger partial charge in [0.15, 0.2) is 0 Å². The molecule has 0 radical (unpaired) electrons. The molecule has 0 aromatic heterocycles. The molecule has 2 aliphatic carbocycles. The molecule has 130 valence electrons. The Kier molecular flexibility index (Phi) is 4.31. The molecule has 0 spiro atoms. The Hall–Kier alpha value is -1.30. The quantitative estimate of drug-likeness (QED) is 0.568. The Morgan fingerprint density at radius 3 is 2.38 bits per heavy atom. The average molecular weight is 323 g/mol. The lowest BCUT2D eigenvalue weighted by atomic mass is 9.49. The number of allylic oxidation sites excluding steroid dienone is 4. The molecule has 0 heterocycles. The molecule has 1 aromatic rings. The lowest BCUT2D eigenvalue weighted by molar-refractivity contribution is 0.0438. The van der Waals surface area contributed by atoms with Gasteiger partial charge in [0.25, 0.3) is 0 Å². The first kappa shape index (κ1) is 17.5. The summed E-state index contributed by atoms with van der Waals surface area (Å²) in [5.74, 6) is 0.643. The van der Waals surface area contributed by atoms with Crippen LogP contribution in [0.1, 0.15) is 71.9 Å². The van der Waals surface area contributed by atoms with E-state index in [0.717, 1.165) is 0 Å². The first-order valence-corrected chi connectivity index (χ1v) is 9.78. The first-order chi connectivity index (χ1) is 11.3. The molecule has 1 aromatic carbocycles. The van der Waals surface area contributed by atoms with Crippen molar-refractivity contribution in [2.24, 2.45) is 16.7 Å². The lowest BCUT2D eigenvalue weighted by Crippen LogP contribution is -2.49. The van der Waals surface area contributed by atoms with Crippen LogP contribution in [0.25, 0.3) is 0 Å². The first-order valence-electron chi connectivity index (χ1n) is 9.78. The van der Waals surface area contributed by atoms with Crippen LogP contribution in [0.3, 0.4) is 0 Å². The number of hydrogen-bond acceptors (Lipinski definition) is 0. The second-order valence-electron chi connectivity index (χ2n) is 8.90. The van der Waals surface area contributed by atoms with Crippen molar-refractivity contribution in [3.63, 3.8) is 0 Å². The van der Waals surface area contributed by atoms with E-state index in [1.54, 1.807) is 16.7 Å². The van der Waals surface area contributed by atoms with Crippen molar-refractivity contribution >= 4 is 0 Å². The van der Waals surface area contributed by atoms with Gasteiger partial charge in [-0.15, -0.1) is 0 Å². The molecular weight excluding hydrogens is 288 g/mol. The van der Waals surface area contributed by atoms with Gasteiger partial charge in [0.2, 0.25) is 0 Å². The number of fused-ring (bicyclic) bond motifs is 1. The maximum atomic E-state index is 2.54. The molecule has 0 saturated carbocycles. The Morgan fingerprint density at radius 1 is 1.04 bits per heavy atom. The summed E-state index contributed by atoms with van der Waals surface area (Å²) in [7, 11) is 0. The molecule has 0 bridgehead atoms. The maximum absolute atomic E-state index is 2.54. The third-order valence-corrected chi connectivity index (χ3v) is 7.59. The monoisotopic (exact) mass is 322 g/mol. The van der Waals surface area contributed by atoms with Crippen molar-refractivity contribution in [1.29, 1.82) is 0 Å². The number of hydrogen-bond donors (Lipinski definition) is 0. The minimum Gasteiger partial charge on any atom is -0.0774 e. The van der Waals surface area contributed by atoms with Crippen molar-refractivity contribution in [3.8, 4) is 0 Å². The molecule has 0 aliphatic heterocycles. The highest BCUT2D eigenvalue weighted by molar-refractivity contribution is 5.43. The van der Waals surface area contributed by atoms with Crippen molar-refractivity contribution < 1.29 is 0 Å². The summed E-state index contributed by atoms with van der Waals surface area (Å²) in [5.41, 5.74) is 5.46. The van der Waals surface area contributed by atoms with Gasteiger partial charge in [-0.25, -0.2) is 0 Å². The fourth-order valence-corrected chi connectivity index (χ4v) is 5.77. The third kappa shape index (κ3) is 2.25. The van der Waals surface area contributed by atoms with Gasteiger partial charge in [-0.1, -0.05) is 96.0 Å². The Balaban J connectivity index is 2.08. The summed E-state index contributed by atoms with van der Waals surface area (Å²) in [5, 5.41) is 0. The van der Waals surface area contributed by atoms with Crippen molar-refractivity contribution in [2.45, 2.75) is 72.6 Å². The van der Waals surface area contributed by atoms with Crippen molar-refractivity contribution in [1.82, 2.24) is 0 Å². The highest BCUT2D eigenvalue weighted by Gasteiger charge is 2.56. The second kappa shape index (κ2) is 5.90. The molecule has 3 rings (SSSR count). The van der Waals surface area contributed by atoms with E-state index in [0.29, 0.717) is 5.92 Å². The summed E-state index contributed by atoms with van der Waals surface area (Å²) in [6.45, 7) is 14.7. The average Bonchev–Trinajstić information content (AvgIpc) is 2.84. The van der Waals surface area contributed by atoms with Crippen LogP contribution in [0.2, 0.25) is 0 Å². The smallest absolute Gasteiger partial charge is 0.00128 e. The van der Waals surface area contributed by atoms with Gasteiger partial charge in [-0.3, -0.25) is 0 Å². The fourth-order valence-electron chi connectivity index (χ4n) is 5.77. The Labute approximate surface area is 149 Å². The predicted molar refractivity (Wildman–Crippen MR) is 105 cm³/mol. The summed E-state index contributed by atoms with van der Waals surface area (Å²) in [4.78, 5) is 0. The van der Waals surface area contributed by atoms with Crippen LogP contribution < -0.4 is 0 Å². The van der Waals surface area contributed by atoms with Crippen LogP contribution in [0, 0.1) is 16.7 Å². The van der Waals surface area contributed by atoms with E-state index in [1.165, 1.54) is 25.7 Å². The zero-order chi connectivity index (χ0) is 17.6. The van der Waals surface area contributed by atoms with Crippen LogP contribution in [0.4, 0.5) is 0 Å². The van der Waals surface area contributed by atoms with Crippen LogP contribution >= 0.6 is 0 Å². The minimum atomic E-state index is 0.198. The molecule has 2 aliphatic rings. The molecule has 3 unspecified atom stereocenters. The van der Waals surface area contributed by atoms with Gasteiger partial charge in [-0.2, -0.15) is 0 Å². The third-order valence-electron chi connectivity index (χ3n) is 7.59. The van der Waals surface area contributed by atoms with Crippen LogP contribution in [0.5, 0.6) is 0 Å². The summed E-state index contributed by atoms with van der Waals surface area (Å²) < 4.78 is 0. The lowest BCUT2D eigenvalue weighted by Gasteiger charge is -2.55. The van der Waals surface area contributed by atoms with E-state index < -0.39 is 0 Å². The molecule has 0 amide bonds. The van der Waals surface area contributed by atoms with E-state index in [9.17, 15) is 0 Å². The van der Waals surface area contributed by atoms with Gasteiger partial charge in [0.05, 0.1) is 0 Å². The highest BCUT2D eigenvalue weighted by atomic mass is 14.6. The standard InChI is InChI=1S/C24H34/c1-7-12-19-14-11-16-24(6,23(19,5)8-2)21-17-18-13-9-10-15-20(18)22(21,3)4/h9-11,13-16,21H,7-8,12,17H2,1-6H3. The van der Waals surface area contributed by atoms with Crippen molar-refractivity contribution in [3.05, 3.63) is 59.2 Å². The van der Waals surface area contributed by atoms with Crippen LogP contribution in [0.15, 0.2) is 48.1 Å². The number of benzene rings is 1. The topological polar surface area (TPSA) is 0 Å². The van der Waals surface area contributed by atoms with Gasteiger partial charge in [-0.05, 0) is 52.6 Å². The van der Waals surface area contributed by atoms with Crippen LogP contribution in [-0.2, 0) is 11.8 Å². The van der Waals surface area contributed by atoms with Gasteiger partial charge in [0, 0.05) is 0 Å². The van der Waals surface area contributed by atoms with Crippen LogP contribution in [-0.4, -0.2) is 0 Å². The van der Waals surface area contributed by atoms with E-state index in [1.807, 2.05) is 0 Å².